The third kappa shape index (κ3) is 4.78. The predicted octanol–water partition coefficient (Wildman–Crippen LogP) is 1.28. The van der Waals surface area contributed by atoms with Crippen LogP contribution in [-0.2, 0) is 33.4 Å². The Labute approximate surface area is 165 Å². The van der Waals surface area contributed by atoms with Gasteiger partial charge in [-0.25, -0.2) is 4.79 Å². The number of fused-ring (bicyclic) bond motifs is 1. The number of carboxylic acids is 1. The number of benzene rings is 2. The first-order valence-electron chi connectivity index (χ1n) is 7.78. The van der Waals surface area contributed by atoms with Gasteiger partial charge in [0.15, 0.2) is 0 Å². The predicted molar refractivity (Wildman–Crippen MR) is 99.8 cm³/mol. The second kappa shape index (κ2) is 9.02. The molecule has 0 radical (unpaired) electrons. The lowest BCUT2D eigenvalue weighted by Crippen LogP contribution is -2.14. The van der Waals surface area contributed by atoms with Crippen molar-refractivity contribution in [3.8, 4) is 0 Å². The Morgan fingerprint density at radius 1 is 1.07 bits per heavy atom. The summed E-state index contributed by atoms with van der Waals surface area (Å²) in [7, 11) is 0. The van der Waals surface area contributed by atoms with Gasteiger partial charge in [-0.3, -0.25) is 13.2 Å². The molecule has 28 heavy (non-hydrogen) atoms. The Balaban J connectivity index is 0.000000203. The number of carbonyl (C=O) groups excluding carboxylic acids is 1. The Bertz CT molecular complexity index is 1030. The van der Waals surface area contributed by atoms with Crippen molar-refractivity contribution in [3.63, 3.8) is 0 Å². The van der Waals surface area contributed by atoms with Crippen LogP contribution in [0.15, 0.2) is 52.3 Å². The zero-order valence-corrected chi connectivity index (χ0v) is 16.2. The molecule has 8 nitrogen and oxygen atoms in total. The summed E-state index contributed by atoms with van der Waals surface area (Å²) in [5.74, 6) is -1.82. The van der Waals surface area contributed by atoms with Gasteiger partial charge >= 0.3 is 5.97 Å². The molecule has 0 aromatic heterocycles. The van der Waals surface area contributed by atoms with Gasteiger partial charge in [0.25, 0.3) is 0 Å². The number of nitrogens with two attached hydrogens (primary N) is 1. The third-order valence-electron chi connectivity index (χ3n) is 3.90. The molecule has 1 amide bonds. The fraction of sp³-hybridized carbons (Fsp3) is 0.111. The van der Waals surface area contributed by atoms with Crippen molar-refractivity contribution in [1.82, 2.24) is 0 Å². The van der Waals surface area contributed by atoms with Crippen molar-refractivity contribution in [2.45, 2.75) is 23.1 Å². The van der Waals surface area contributed by atoms with E-state index < -0.39 is 34.0 Å². The van der Waals surface area contributed by atoms with E-state index in [4.69, 9.17) is 10.8 Å². The molecule has 0 bridgehead atoms. The molecule has 2 aromatic rings. The topological polar surface area (TPSA) is 161 Å². The van der Waals surface area contributed by atoms with Gasteiger partial charge in [-0.15, -0.1) is 0 Å². The molecule has 2 aromatic carbocycles. The Kier molecular flexibility index (Phi) is 6.97. The van der Waals surface area contributed by atoms with E-state index in [9.17, 15) is 27.1 Å². The van der Waals surface area contributed by atoms with Gasteiger partial charge in [0.2, 0.25) is 5.91 Å². The van der Waals surface area contributed by atoms with E-state index in [1.165, 1.54) is 24.3 Å². The highest BCUT2D eigenvalue weighted by atomic mass is 32.2. The van der Waals surface area contributed by atoms with Crippen LogP contribution in [0, 0.1) is 6.92 Å². The minimum absolute atomic E-state index is 0.0355. The number of primary amides is 1. The lowest BCUT2D eigenvalue weighted by Gasteiger charge is -2.11. The number of allylic oxidation sites excluding steroid dienone is 1. The number of aryl methyl sites for hydroxylation is 1. The van der Waals surface area contributed by atoms with Crippen molar-refractivity contribution in [2.24, 2.45) is 5.73 Å². The van der Waals surface area contributed by atoms with Crippen LogP contribution in [0.1, 0.15) is 27.0 Å². The monoisotopic (exact) mass is 421 g/mol. The first-order chi connectivity index (χ1) is 13.1. The van der Waals surface area contributed by atoms with Gasteiger partial charge in [0, 0.05) is 15.4 Å². The van der Waals surface area contributed by atoms with Crippen LogP contribution in [-0.4, -0.2) is 34.5 Å². The Morgan fingerprint density at radius 2 is 1.71 bits per heavy atom. The van der Waals surface area contributed by atoms with E-state index in [1.54, 1.807) is 25.1 Å². The molecule has 0 fully saturated rings. The number of rotatable bonds is 4. The maximum absolute atomic E-state index is 10.9. The second-order valence-electron chi connectivity index (χ2n) is 5.75. The first kappa shape index (κ1) is 21.6. The number of hydrogen-bond donors (Lipinski definition) is 2. The van der Waals surface area contributed by atoms with Crippen LogP contribution in [0.3, 0.4) is 0 Å². The van der Waals surface area contributed by atoms with Gasteiger partial charge in [-0.2, -0.15) is 0 Å². The van der Waals surface area contributed by atoms with Crippen LogP contribution in [0.2, 0.25) is 0 Å². The van der Waals surface area contributed by atoms with Gasteiger partial charge in [-0.05, 0) is 59.3 Å². The minimum Gasteiger partial charge on any atom is -0.768 e. The maximum Gasteiger partial charge on any atom is 0.336 e. The van der Waals surface area contributed by atoms with Crippen LogP contribution in [0.5, 0.6) is 0 Å². The molecule has 148 valence electrons. The van der Waals surface area contributed by atoms with E-state index in [2.05, 4.69) is 0 Å². The molecular weight excluding hydrogens is 406 g/mol. The molecule has 0 spiro atoms. The van der Waals surface area contributed by atoms with Gasteiger partial charge in [0.05, 0.1) is 11.1 Å². The number of aliphatic carboxylic acids is 1. The largest absolute Gasteiger partial charge is 0.768 e. The number of amides is 1. The second-order valence-corrected chi connectivity index (χ2v) is 7.57. The minimum atomic E-state index is -2.42. The van der Waals surface area contributed by atoms with E-state index in [1.807, 2.05) is 0 Å². The van der Waals surface area contributed by atoms with E-state index in [-0.39, 0.29) is 20.9 Å². The van der Waals surface area contributed by atoms with Crippen molar-refractivity contribution in [3.05, 3.63) is 64.7 Å². The third-order valence-corrected chi connectivity index (χ3v) is 5.31. The number of hydrogen-bond acceptors (Lipinski definition) is 6. The van der Waals surface area contributed by atoms with Crippen molar-refractivity contribution >= 4 is 39.6 Å². The summed E-state index contributed by atoms with van der Waals surface area (Å²) in [6.07, 6.45) is 2.01. The van der Waals surface area contributed by atoms with Crippen molar-refractivity contribution < 1.29 is 32.2 Å². The van der Waals surface area contributed by atoms with Gasteiger partial charge < -0.3 is 19.9 Å². The first-order valence-corrected chi connectivity index (χ1v) is 9.93. The summed E-state index contributed by atoms with van der Waals surface area (Å²) in [5, 5.41) is 8.90. The summed E-state index contributed by atoms with van der Waals surface area (Å²) in [6, 6.07) is 9.17. The van der Waals surface area contributed by atoms with Crippen LogP contribution in [0.4, 0.5) is 0 Å². The summed E-state index contributed by atoms with van der Waals surface area (Å²) >= 11 is -4.82. The van der Waals surface area contributed by atoms with E-state index >= 15 is 0 Å². The highest BCUT2D eigenvalue weighted by Crippen LogP contribution is 2.32. The summed E-state index contributed by atoms with van der Waals surface area (Å²) in [5.41, 5.74) is 6.99. The molecular formula is C18H15NO7S2-2. The molecule has 2 unspecified atom stereocenters. The summed E-state index contributed by atoms with van der Waals surface area (Å²) < 4.78 is 43.1. The molecule has 3 rings (SSSR count). The standard InChI is InChI=1S/C10H8O4S.C8H9NO3S/c11-10(12)7-5-4-6-2-1-3-8(9(6)7)15(13)14;1-5-2-3-7(13(11)12)6(4-5)8(9)10/h1-3,5H,4H2,(H,11,12)(H,13,14);2-4H,1H3,(H2,9,10)(H,11,12)/p-2. The molecule has 10 heteroatoms. The lowest BCUT2D eigenvalue weighted by atomic mass is 10.1. The smallest absolute Gasteiger partial charge is 0.336 e. The van der Waals surface area contributed by atoms with E-state index in [0.717, 1.165) is 11.1 Å². The van der Waals surface area contributed by atoms with Crippen LogP contribution < -0.4 is 5.73 Å². The summed E-state index contributed by atoms with van der Waals surface area (Å²) in [4.78, 5) is 21.7. The zero-order chi connectivity index (χ0) is 21.0. The summed E-state index contributed by atoms with van der Waals surface area (Å²) in [6.45, 7) is 1.75. The van der Waals surface area contributed by atoms with Gasteiger partial charge in [0.1, 0.15) is 0 Å². The average Bonchev–Trinajstić information content (AvgIpc) is 3.06. The molecule has 3 N–H and O–H groups in total. The number of carboxylic acid groups (broad SMARTS) is 1. The van der Waals surface area contributed by atoms with Crippen LogP contribution in [0.25, 0.3) is 5.57 Å². The highest BCUT2D eigenvalue weighted by molar-refractivity contribution is 7.79. The number of carbonyl (C=O) groups is 2. The van der Waals surface area contributed by atoms with Crippen molar-refractivity contribution in [2.75, 3.05) is 0 Å². The SMILES string of the molecule is Cc1ccc(S(=O)[O-])c(C(N)=O)c1.O=C(O)C1=CCc2cccc(S(=O)[O-])c21. The molecule has 0 heterocycles. The normalized spacial score (nSPS) is 14.2. The fourth-order valence-corrected chi connectivity index (χ4v) is 3.80. The highest BCUT2D eigenvalue weighted by Gasteiger charge is 2.22. The molecule has 0 saturated heterocycles. The molecule has 1 aliphatic rings. The Hall–Kier alpha value is -2.66. The van der Waals surface area contributed by atoms with Crippen LogP contribution >= 0.6 is 0 Å². The van der Waals surface area contributed by atoms with E-state index in [0.29, 0.717) is 12.0 Å². The van der Waals surface area contributed by atoms with Crippen molar-refractivity contribution in [1.29, 1.82) is 0 Å². The molecule has 1 aliphatic carbocycles. The molecule has 2 atom stereocenters. The molecule has 0 saturated carbocycles. The van der Waals surface area contributed by atoms with Gasteiger partial charge in [-0.1, -0.05) is 29.8 Å². The lowest BCUT2D eigenvalue weighted by molar-refractivity contribution is -0.130. The molecule has 0 aliphatic heterocycles. The Morgan fingerprint density at radius 3 is 2.25 bits per heavy atom. The quantitative estimate of drug-likeness (QED) is 0.703. The fourth-order valence-electron chi connectivity index (χ4n) is 2.68. The zero-order valence-electron chi connectivity index (χ0n) is 14.5. The maximum atomic E-state index is 10.9. The average molecular weight is 421 g/mol.